The summed E-state index contributed by atoms with van der Waals surface area (Å²) in [6.07, 6.45) is 1.44. The van der Waals surface area contributed by atoms with Gasteiger partial charge in [0, 0.05) is 16.8 Å². The van der Waals surface area contributed by atoms with E-state index in [1.54, 1.807) is 14.2 Å². The number of methoxy groups -OCH3 is 2. The lowest BCUT2D eigenvalue weighted by Gasteiger charge is -2.21. The van der Waals surface area contributed by atoms with Gasteiger partial charge >= 0.3 is 0 Å². The van der Waals surface area contributed by atoms with Crippen molar-refractivity contribution in [2.75, 3.05) is 20.0 Å². The van der Waals surface area contributed by atoms with Gasteiger partial charge in [-0.25, -0.2) is 15.0 Å². The van der Waals surface area contributed by atoms with Crippen LogP contribution < -0.4 is 15.2 Å². The van der Waals surface area contributed by atoms with E-state index in [1.165, 1.54) is 6.33 Å². The lowest BCUT2D eigenvalue weighted by molar-refractivity contribution is 0.356. The zero-order valence-corrected chi connectivity index (χ0v) is 15.1. The Labute approximate surface area is 147 Å². The van der Waals surface area contributed by atoms with E-state index < -0.39 is 0 Å². The maximum atomic E-state index is 6.21. The molecule has 0 atom stereocenters. The second kappa shape index (κ2) is 6.55. The van der Waals surface area contributed by atoms with E-state index >= 15 is 0 Å². The Balaban J connectivity index is 2.53. The van der Waals surface area contributed by atoms with Crippen LogP contribution in [0.5, 0.6) is 11.5 Å². The number of rotatable bonds is 4. The fourth-order valence-corrected chi connectivity index (χ4v) is 3.32. The lowest BCUT2D eigenvalue weighted by Crippen LogP contribution is -2.06. The SMILES string of the molecule is COc1cccc(-c2c(C(C)C)c(C)nc3ncnc(N)c23)c1OC. The fraction of sp³-hybridized carbons (Fsp3) is 0.316. The molecule has 6 nitrogen and oxygen atoms in total. The maximum Gasteiger partial charge on any atom is 0.168 e. The third-order valence-corrected chi connectivity index (χ3v) is 4.29. The highest BCUT2D eigenvalue weighted by atomic mass is 16.5. The summed E-state index contributed by atoms with van der Waals surface area (Å²) in [6.45, 7) is 6.25. The first-order valence-corrected chi connectivity index (χ1v) is 8.11. The Morgan fingerprint density at radius 2 is 1.84 bits per heavy atom. The Bertz CT molecular complexity index is 938. The average molecular weight is 338 g/mol. The summed E-state index contributed by atoms with van der Waals surface area (Å²) in [5, 5.41) is 0.739. The van der Waals surface area contributed by atoms with Crippen molar-refractivity contribution in [3.63, 3.8) is 0 Å². The molecule has 0 fully saturated rings. The lowest BCUT2D eigenvalue weighted by atomic mass is 9.89. The van der Waals surface area contributed by atoms with Gasteiger partial charge in [0.25, 0.3) is 0 Å². The van der Waals surface area contributed by atoms with Gasteiger partial charge < -0.3 is 15.2 Å². The second-order valence-corrected chi connectivity index (χ2v) is 6.14. The third kappa shape index (κ3) is 2.73. The van der Waals surface area contributed by atoms with Crippen LogP contribution in [0.1, 0.15) is 31.0 Å². The Hall–Kier alpha value is -2.89. The van der Waals surface area contributed by atoms with Gasteiger partial charge in [0.2, 0.25) is 0 Å². The number of nitrogens with two attached hydrogens (primary N) is 1. The van der Waals surface area contributed by atoms with E-state index in [-0.39, 0.29) is 5.92 Å². The molecule has 3 aromatic rings. The average Bonchev–Trinajstić information content (AvgIpc) is 2.59. The van der Waals surface area contributed by atoms with Crippen LogP contribution in [0.15, 0.2) is 24.5 Å². The highest BCUT2D eigenvalue weighted by molar-refractivity contribution is 6.02. The van der Waals surface area contributed by atoms with Crippen molar-refractivity contribution < 1.29 is 9.47 Å². The van der Waals surface area contributed by atoms with Crippen LogP contribution in [0.2, 0.25) is 0 Å². The first kappa shape index (κ1) is 17.0. The highest BCUT2D eigenvalue weighted by Gasteiger charge is 2.23. The molecule has 0 amide bonds. The summed E-state index contributed by atoms with van der Waals surface area (Å²) in [7, 11) is 3.25. The first-order chi connectivity index (χ1) is 12.0. The Morgan fingerprint density at radius 3 is 2.48 bits per heavy atom. The van der Waals surface area contributed by atoms with Crippen molar-refractivity contribution in [1.29, 1.82) is 0 Å². The number of hydrogen-bond acceptors (Lipinski definition) is 6. The molecule has 0 aliphatic rings. The molecule has 130 valence electrons. The van der Waals surface area contributed by atoms with Crippen molar-refractivity contribution >= 4 is 16.9 Å². The molecule has 3 rings (SSSR count). The fourth-order valence-electron chi connectivity index (χ4n) is 3.32. The number of fused-ring (bicyclic) bond motifs is 1. The van der Waals surface area contributed by atoms with Crippen molar-refractivity contribution in [1.82, 2.24) is 15.0 Å². The van der Waals surface area contributed by atoms with E-state index in [0.29, 0.717) is 23.0 Å². The smallest absolute Gasteiger partial charge is 0.168 e. The van der Waals surface area contributed by atoms with Crippen molar-refractivity contribution in [3.05, 3.63) is 35.8 Å². The zero-order valence-electron chi connectivity index (χ0n) is 15.1. The largest absolute Gasteiger partial charge is 0.493 e. The Morgan fingerprint density at radius 1 is 1.08 bits per heavy atom. The van der Waals surface area contributed by atoms with E-state index in [2.05, 4.69) is 28.8 Å². The van der Waals surface area contributed by atoms with Gasteiger partial charge in [0.1, 0.15) is 12.1 Å². The molecule has 25 heavy (non-hydrogen) atoms. The van der Waals surface area contributed by atoms with Crippen LogP contribution in [-0.2, 0) is 0 Å². The minimum Gasteiger partial charge on any atom is -0.493 e. The van der Waals surface area contributed by atoms with Crippen LogP contribution in [0.4, 0.5) is 5.82 Å². The number of anilines is 1. The van der Waals surface area contributed by atoms with Crippen molar-refractivity contribution in [2.45, 2.75) is 26.7 Å². The third-order valence-electron chi connectivity index (χ3n) is 4.29. The van der Waals surface area contributed by atoms with Gasteiger partial charge in [-0.1, -0.05) is 26.0 Å². The van der Waals surface area contributed by atoms with Crippen molar-refractivity contribution in [2.24, 2.45) is 0 Å². The minimum atomic E-state index is 0.238. The summed E-state index contributed by atoms with van der Waals surface area (Å²) in [4.78, 5) is 13.1. The predicted octanol–water partition coefficient (Wildman–Crippen LogP) is 3.72. The van der Waals surface area contributed by atoms with Crippen LogP contribution in [0.25, 0.3) is 22.2 Å². The number of pyridine rings is 1. The molecule has 1 aromatic carbocycles. The van der Waals surface area contributed by atoms with Gasteiger partial charge in [-0.05, 0) is 24.5 Å². The molecule has 2 aromatic heterocycles. The van der Waals surface area contributed by atoms with Gasteiger partial charge in [0.05, 0.1) is 19.6 Å². The molecule has 2 heterocycles. The summed E-state index contributed by atoms with van der Waals surface area (Å²) in [6, 6.07) is 5.80. The predicted molar refractivity (Wildman–Crippen MR) is 99.1 cm³/mol. The van der Waals surface area contributed by atoms with E-state index in [4.69, 9.17) is 15.2 Å². The van der Waals surface area contributed by atoms with Crippen molar-refractivity contribution in [3.8, 4) is 22.6 Å². The molecule has 6 heteroatoms. The standard InChI is InChI=1S/C19H22N4O2/c1-10(2)14-11(3)23-19-16(18(20)21-9-22-19)15(14)12-7-6-8-13(24-4)17(12)25-5/h6-10H,1-5H3,(H2,20,21,22,23). The number of nitrogen functional groups attached to an aromatic ring is 1. The van der Waals surface area contributed by atoms with E-state index in [0.717, 1.165) is 27.8 Å². The molecule has 0 spiro atoms. The number of para-hydroxylation sites is 1. The molecular weight excluding hydrogens is 316 g/mol. The van der Waals surface area contributed by atoms with Gasteiger partial charge in [-0.2, -0.15) is 0 Å². The van der Waals surface area contributed by atoms with E-state index in [9.17, 15) is 0 Å². The molecule has 0 aliphatic heterocycles. The minimum absolute atomic E-state index is 0.238. The zero-order chi connectivity index (χ0) is 18.1. The molecule has 0 aliphatic carbocycles. The second-order valence-electron chi connectivity index (χ2n) is 6.14. The van der Waals surface area contributed by atoms with Gasteiger partial charge in [-0.15, -0.1) is 0 Å². The molecule has 0 bridgehead atoms. The molecular formula is C19H22N4O2. The Kier molecular flexibility index (Phi) is 4.44. The normalized spacial score (nSPS) is 11.1. The number of benzene rings is 1. The molecule has 0 saturated carbocycles. The number of nitrogens with zero attached hydrogens (tertiary/aromatic N) is 3. The van der Waals surface area contributed by atoms with E-state index in [1.807, 2.05) is 25.1 Å². The highest BCUT2D eigenvalue weighted by Crippen LogP contribution is 2.45. The summed E-state index contributed by atoms with van der Waals surface area (Å²) >= 11 is 0. The topological polar surface area (TPSA) is 83.2 Å². The van der Waals surface area contributed by atoms with Gasteiger partial charge in [-0.3, -0.25) is 0 Å². The number of aromatic nitrogens is 3. The number of hydrogen-bond donors (Lipinski definition) is 1. The van der Waals surface area contributed by atoms with Gasteiger partial charge in [0.15, 0.2) is 17.1 Å². The monoisotopic (exact) mass is 338 g/mol. The summed E-state index contributed by atoms with van der Waals surface area (Å²) < 4.78 is 11.1. The summed E-state index contributed by atoms with van der Waals surface area (Å²) in [5.41, 5.74) is 10.6. The molecule has 0 unspecified atom stereocenters. The molecule has 0 radical (unpaired) electrons. The maximum absolute atomic E-state index is 6.21. The molecule has 0 saturated heterocycles. The van der Waals surface area contributed by atoms with Crippen LogP contribution in [0.3, 0.4) is 0 Å². The quantitative estimate of drug-likeness (QED) is 0.780. The first-order valence-electron chi connectivity index (χ1n) is 8.11. The van der Waals surface area contributed by atoms with Crippen LogP contribution in [-0.4, -0.2) is 29.2 Å². The number of ether oxygens (including phenoxy) is 2. The van der Waals surface area contributed by atoms with Crippen LogP contribution in [0, 0.1) is 6.92 Å². The van der Waals surface area contributed by atoms with Crippen LogP contribution >= 0.6 is 0 Å². The summed E-state index contributed by atoms with van der Waals surface area (Å²) in [5.74, 6) is 1.96. The molecule has 2 N–H and O–H groups in total. The number of aryl methyl sites for hydroxylation is 1.